The summed E-state index contributed by atoms with van der Waals surface area (Å²) >= 11 is 0. The highest BCUT2D eigenvalue weighted by molar-refractivity contribution is 7.85. The summed E-state index contributed by atoms with van der Waals surface area (Å²) in [5.41, 5.74) is 1.02. The fourth-order valence-electron chi connectivity index (χ4n) is 0.955. The molecule has 0 radical (unpaired) electrons. The summed E-state index contributed by atoms with van der Waals surface area (Å²) in [5, 5.41) is 0. The molecule has 1 atom stereocenters. The molecule has 2 nitrogen and oxygen atoms in total. The molecule has 0 fully saturated rings. The number of unbranched alkanes of at least 4 members (excludes halogenated alkanes) is 2. The van der Waals surface area contributed by atoms with Crippen LogP contribution in [0.2, 0.25) is 0 Å². The van der Waals surface area contributed by atoms with Crippen LogP contribution in [0.1, 0.15) is 60.3 Å². The molecule has 0 heterocycles. The van der Waals surface area contributed by atoms with Gasteiger partial charge in [-0.2, -0.15) is 4.40 Å². The second-order valence-electron chi connectivity index (χ2n) is 4.65. The Morgan fingerprint density at radius 2 is 1.86 bits per heavy atom. The smallest absolute Gasteiger partial charge is 0.144 e. The normalized spacial score (nSPS) is 15.6. The van der Waals surface area contributed by atoms with Crippen LogP contribution >= 0.6 is 0 Å². The first kappa shape index (κ1) is 13.8. The van der Waals surface area contributed by atoms with Crippen molar-refractivity contribution in [2.75, 3.05) is 0 Å². The van der Waals surface area contributed by atoms with Crippen molar-refractivity contribution in [1.29, 1.82) is 0 Å². The van der Waals surface area contributed by atoms with Gasteiger partial charge in [-0.25, -0.2) is 4.21 Å². The Morgan fingerprint density at radius 3 is 2.29 bits per heavy atom. The van der Waals surface area contributed by atoms with E-state index < -0.39 is 11.0 Å². The second kappa shape index (κ2) is 6.33. The van der Waals surface area contributed by atoms with Gasteiger partial charge in [0, 0.05) is 5.71 Å². The van der Waals surface area contributed by atoms with Crippen LogP contribution in [0.4, 0.5) is 0 Å². The Hall–Kier alpha value is -0.180. The van der Waals surface area contributed by atoms with Crippen molar-refractivity contribution in [3.05, 3.63) is 0 Å². The van der Waals surface area contributed by atoms with Crippen molar-refractivity contribution in [2.45, 2.75) is 65.0 Å². The van der Waals surface area contributed by atoms with Gasteiger partial charge in [-0.05, 0) is 40.5 Å². The lowest BCUT2D eigenvalue weighted by Crippen LogP contribution is -2.20. The fraction of sp³-hybridized carbons (Fsp3) is 0.909. The summed E-state index contributed by atoms with van der Waals surface area (Å²) < 4.78 is 15.6. The SMILES string of the molecule is CCCCC/C(C)=N/S(=O)C(C)(C)C. The Bertz CT molecular complexity index is 216. The molecule has 3 heteroatoms. The quantitative estimate of drug-likeness (QED) is 0.512. The van der Waals surface area contributed by atoms with Crippen LogP contribution in [0.3, 0.4) is 0 Å². The van der Waals surface area contributed by atoms with E-state index in [2.05, 4.69) is 11.3 Å². The van der Waals surface area contributed by atoms with Crippen LogP contribution in [-0.4, -0.2) is 14.7 Å². The number of hydrogen-bond acceptors (Lipinski definition) is 1. The lowest BCUT2D eigenvalue weighted by Gasteiger charge is -2.13. The van der Waals surface area contributed by atoms with Gasteiger partial charge in [0.15, 0.2) is 0 Å². The standard InChI is InChI=1S/C11H23NOS/c1-6-7-8-9-10(2)12-14(13)11(3,4)5/h6-9H2,1-5H3/b12-10+. The highest BCUT2D eigenvalue weighted by Gasteiger charge is 2.18. The highest BCUT2D eigenvalue weighted by atomic mass is 32.2. The van der Waals surface area contributed by atoms with Gasteiger partial charge in [0.25, 0.3) is 0 Å². The van der Waals surface area contributed by atoms with E-state index in [1.165, 1.54) is 12.8 Å². The van der Waals surface area contributed by atoms with E-state index in [0.717, 1.165) is 18.6 Å². The highest BCUT2D eigenvalue weighted by Crippen LogP contribution is 2.13. The minimum absolute atomic E-state index is 0.230. The van der Waals surface area contributed by atoms with Crippen LogP contribution in [0, 0.1) is 0 Å². The van der Waals surface area contributed by atoms with Crippen molar-refractivity contribution >= 4 is 16.7 Å². The Morgan fingerprint density at radius 1 is 1.29 bits per heavy atom. The number of rotatable bonds is 5. The molecule has 0 aliphatic carbocycles. The largest absolute Gasteiger partial charge is 0.234 e. The van der Waals surface area contributed by atoms with Crippen LogP contribution in [-0.2, 0) is 11.0 Å². The van der Waals surface area contributed by atoms with E-state index in [-0.39, 0.29) is 4.75 Å². The maximum absolute atomic E-state index is 11.6. The minimum atomic E-state index is -1.08. The van der Waals surface area contributed by atoms with Gasteiger partial charge in [0.05, 0.1) is 4.75 Å². The van der Waals surface area contributed by atoms with Gasteiger partial charge in [-0.15, -0.1) is 0 Å². The molecule has 0 saturated carbocycles. The van der Waals surface area contributed by atoms with E-state index in [0.29, 0.717) is 0 Å². The second-order valence-corrected chi connectivity index (χ2v) is 6.55. The molecule has 0 amide bonds. The Kier molecular flexibility index (Phi) is 6.25. The third-order valence-corrected chi connectivity index (χ3v) is 3.43. The molecule has 0 rings (SSSR count). The van der Waals surface area contributed by atoms with Crippen molar-refractivity contribution < 1.29 is 4.21 Å². The molecule has 0 N–H and O–H groups in total. The minimum Gasteiger partial charge on any atom is -0.234 e. The van der Waals surface area contributed by atoms with E-state index >= 15 is 0 Å². The van der Waals surface area contributed by atoms with Gasteiger partial charge in [0.2, 0.25) is 0 Å². The van der Waals surface area contributed by atoms with Gasteiger partial charge in [-0.3, -0.25) is 0 Å². The van der Waals surface area contributed by atoms with Crippen LogP contribution in [0.5, 0.6) is 0 Å². The molecule has 0 aliphatic heterocycles. The van der Waals surface area contributed by atoms with Crippen LogP contribution < -0.4 is 0 Å². The molecular weight excluding hydrogens is 194 g/mol. The van der Waals surface area contributed by atoms with E-state index in [1.807, 2.05) is 27.7 Å². The molecule has 1 unspecified atom stereocenters. The molecule has 84 valence electrons. The molecule has 0 saturated heterocycles. The van der Waals surface area contributed by atoms with Gasteiger partial charge in [0.1, 0.15) is 11.0 Å². The fourth-order valence-corrected chi connectivity index (χ4v) is 1.60. The van der Waals surface area contributed by atoms with Crippen molar-refractivity contribution in [2.24, 2.45) is 4.40 Å². The first-order valence-corrected chi connectivity index (χ1v) is 6.44. The average molecular weight is 217 g/mol. The molecule has 0 bridgehead atoms. The third-order valence-electron chi connectivity index (χ3n) is 1.90. The molecule has 0 aromatic rings. The molecule has 0 aromatic heterocycles. The first-order valence-electron chi connectivity index (χ1n) is 5.34. The molecular formula is C11H23NOS. The summed E-state index contributed by atoms with van der Waals surface area (Å²) in [6.07, 6.45) is 4.59. The first-order chi connectivity index (χ1) is 6.38. The monoisotopic (exact) mass is 217 g/mol. The van der Waals surface area contributed by atoms with Gasteiger partial charge < -0.3 is 0 Å². The van der Waals surface area contributed by atoms with Crippen molar-refractivity contribution in [1.82, 2.24) is 0 Å². The number of nitrogens with zero attached hydrogens (tertiary/aromatic N) is 1. The lowest BCUT2D eigenvalue weighted by molar-refractivity contribution is 0.650. The van der Waals surface area contributed by atoms with Crippen LogP contribution in [0.25, 0.3) is 0 Å². The zero-order valence-corrected chi connectivity index (χ0v) is 10.9. The summed E-state index contributed by atoms with van der Waals surface area (Å²) in [6.45, 7) is 10.0. The summed E-state index contributed by atoms with van der Waals surface area (Å²) in [6, 6.07) is 0. The average Bonchev–Trinajstić information content (AvgIpc) is 2.03. The van der Waals surface area contributed by atoms with E-state index in [4.69, 9.17) is 0 Å². The summed E-state index contributed by atoms with van der Waals surface area (Å²) in [7, 11) is -1.08. The van der Waals surface area contributed by atoms with Gasteiger partial charge in [-0.1, -0.05) is 19.8 Å². The maximum Gasteiger partial charge on any atom is 0.144 e. The number of hydrogen-bond donors (Lipinski definition) is 0. The Balaban J connectivity index is 4.04. The third kappa shape index (κ3) is 6.30. The predicted octanol–water partition coefficient (Wildman–Crippen LogP) is 3.49. The van der Waals surface area contributed by atoms with Gasteiger partial charge >= 0.3 is 0 Å². The molecule has 14 heavy (non-hydrogen) atoms. The van der Waals surface area contributed by atoms with Crippen LogP contribution in [0.15, 0.2) is 4.40 Å². The summed E-state index contributed by atoms with van der Waals surface area (Å²) in [4.78, 5) is 0. The predicted molar refractivity (Wildman–Crippen MR) is 65.1 cm³/mol. The van der Waals surface area contributed by atoms with Crippen molar-refractivity contribution in [3.63, 3.8) is 0 Å². The molecule has 0 aromatic carbocycles. The molecule has 0 aliphatic rings. The van der Waals surface area contributed by atoms with E-state index in [1.54, 1.807) is 0 Å². The topological polar surface area (TPSA) is 29.4 Å². The Labute approximate surface area is 90.8 Å². The van der Waals surface area contributed by atoms with E-state index in [9.17, 15) is 4.21 Å². The van der Waals surface area contributed by atoms with Crippen molar-refractivity contribution in [3.8, 4) is 0 Å². The molecule has 0 spiro atoms. The zero-order valence-electron chi connectivity index (χ0n) is 10.1. The summed E-state index contributed by atoms with van der Waals surface area (Å²) in [5.74, 6) is 0. The maximum atomic E-state index is 11.6. The zero-order chi connectivity index (χ0) is 11.2. The lowest BCUT2D eigenvalue weighted by atomic mass is 10.1.